The first kappa shape index (κ1) is 20.5. The highest BCUT2D eigenvalue weighted by Crippen LogP contribution is 2.25. The number of rotatable bonds is 8. The lowest BCUT2D eigenvalue weighted by Crippen LogP contribution is -2.36. The molecule has 29 heavy (non-hydrogen) atoms. The molecule has 0 saturated carbocycles. The van der Waals surface area contributed by atoms with Gasteiger partial charge in [-0.25, -0.2) is 0 Å². The van der Waals surface area contributed by atoms with E-state index in [1.807, 2.05) is 74.0 Å². The second-order valence-corrected chi connectivity index (χ2v) is 7.12. The summed E-state index contributed by atoms with van der Waals surface area (Å²) in [5, 5.41) is 7.44. The fourth-order valence-electron chi connectivity index (χ4n) is 3.07. The highest BCUT2D eigenvalue weighted by Gasteiger charge is 2.12. The molecule has 6 heteroatoms. The smallest absolute Gasteiger partial charge is 0.251 e. The number of methoxy groups -OCH3 is 1. The Kier molecular flexibility index (Phi) is 6.54. The molecular weight excluding hydrogens is 366 g/mol. The molecule has 3 aromatic rings. The van der Waals surface area contributed by atoms with E-state index in [2.05, 4.69) is 16.5 Å². The standard InChI is InChI=1S/C23H27N3O3/c1-16-13-18(3)26(25-16)14-19-9-11-20(12-10-19)23(27)24-17(2)15-29-22-8-6-5-7-21(22)28-4/h5-13,17H,14-15H2,1-4H3,(H,24,27)/t17-/m1/s1. The average molecular weight is 393 g/mol. The van der Waals surface area contributed by atoms with E-state index < -0.39 is 0 Å². The van der Waals surface area contributed by atoms with E-state index in [9.17, 15) is 4.79 Å². The number of amides is 1. The summed E-state index contributed by atoms with van der Waals surface area (Å²) >= 11 is 0. The van der Waals surface area contributed by atoms with Crippen molar-refractivity contribution in [1.82, 2.24) is 15.1 Å². The zero-order valence-electron chi connectivity index (χ0n) is 17.3. The van der Waals surface area contributed by atoms with Gasteiger partial charge in [0.25, 0.3) is 5.91 Å². The number of para-hydroxylation sites is 2. The third kappa shape index (κ3) is 5.38. The molecule has 1 heterocycles. The largest absolute Gasteiger partial charge is 0.493 e. The normalized spacial score (nSPS) is 11.7. The Morgan fingerprint density at radius 1 is 1.10 bits per heavy atom. The Morgan fingerprint density at radius 2 is 1.79 bits per heavy atom. The Bertz CT molecular complexity index is 964. The quantitative estimate of drug-likeness (QED) is 0.633. The van der Waals surface area contributed by atoms with Crippen molar-refractivity contribution in [2.75, 3.05) is 13.7 Å². The maximum Gasteiger partial charge on any atom is 0.251 e. The first-order valence-corrected chi connectivity index (χ1v) is 9.63. The van der Waals surface area contributed by atoms with Gasteiger partial charge in [0.15, 0.2) is 11.5 Å². The molecule has 2 aromatic carbocycles. The summed E-state index contributed by atoms with van der Waals surface area (Å²) in [5.41, 5.74) is 3.84. The molecule has 0 radical (unpaired) electrons. The molecule has 1 aromatic heterocycles. The molecule has 0 unspecified atom stereocenters. The van der Waals surface area contributed by atoms with Crippen LogP contribution in [0.4, 0.5) is 0 Å². The van der Waals surface area contributed by atoms with Gasteiger partial charge in [0.2, 0.25) is 0 Å². The fraction of sp³-hybridized carbons (Fsp3) is 0.304. The molecule has 1 atom stereocenters. The minimum Gasteiger partial charge on any atom is -0.493 e. The summed E-state index contributed by atoms with van der Waals surface area (Å²) in [4.78, 5) is 12.5. The number of nitrogens with zero attached hydrogens (tertiary/aromatic N) is 2. The summed E-state index contributed by atoms with van der Waals surface area (Å²) in [6.07, 6.45) is 0. The van der Waals surface area contributed by atoms with Gasteiger partial charge in [0.05, 0.1) is 25.4 Å². The number of carbonyl (C=O) groups is 1. The number of benzene rings is 2. The molecule has 1 N–H and O–H groups in total. The van der Waals surface area contributed by atoms with Crippen LogP contribution in [0.15, 0.2) is 54.6 Å². The summed E-state index contributed by atoms with van der Waals surface area (Å²) < 4.78 is 13.0. The lowest BCUT2D eigenvalue weighted by Gasteiger charge is -2.16. The third-order valence-corrected chi connectivity index (χ3v) is 4.59. The van der Waals surface area contributed by atoms with Crippen LogP contribution in [0.25, 0.3) is 0 Å². The predicted octanol–water partition coefficient (Wildman–Crippen LogP) is 3.75. The van der Waals surface area contributed by atoms with Gasteiger partial charge in [-0.2, -0.15) is 5.10 Å². The van der Waals surface area contributed by atoms with Crippen LogP contribution in [0, 0.1) is 13.8 Å². The zero-order valence-corrected chi connectivity index (χ0v) is 17.3. The van der Waals surface area contributed by atoms with Gasteiger partial charge >= 0.3 is 0 Å². The maximum atomic E-state index is 12.5. The van der Waals surface area contributed by atoms with Gasteiger partial charge < -0.3 is 14.8 Å². The molecule has 0 saturated heterocycles. The Morgan fingerprint density at radius 3 is 2.41 bits per heavy atom. The van der Waals surface area contributed by atoms with Crippen LogP contribution in [-0.2, 0) is 6.54 Å². The SMILES string of the molecule is COc1ccccc1OC[C@@H](C)NC(=O)c1ccc(Cn2nc(C)cc2C)cc1. The van der Waals surface area contributed by atoms with Gasteiger partial charge in [-0.1, -0.05) is 24.3 Å². The lowest BCUT2D eigenvalue weighted by atomic mass is 10.1. The number of ether oxygens (including phenoxy) is 2. The molecule has 0 spiro atoms. The van der Waals surface area contributed by atoms with E-state index in [1.165, 1.54) is 0 Å². The zero-order chi connectivity index (χ0) is 20.8. The third-order valence-electron chi connectivity index (χ3n) is 4.59. The van der Waals surface area contributed by atoms with Crippen LogP contribution in [0.1, 0.15) is 34.2 Å². The highest BCUT2D eigenvalue weighted by molar-refractivity contribution is 5.94. The van der Waals surface area contributed by atoms with E-state index >= 15 is 0 Å². The van der Waals surface area contributed by atoms with Crippen LogP contribution in [0.3, 0.4) is 0 Å². The average Bonchev–Trinajstić information content (AvgIpc) is 3.03. The van der Waals surface area contributed by atoms with Crippen molar-refractivity contribution in [1.29, 1.82) is 0 Å². The second kappa shape index (κ2) is 9.28. The van der Waals surface area contributed by atoms with Crippen LogP contribution < -0.4 is 14.8 Å². The lowest BCUT2D eigenvalue weighted by molar-refractivity contribution is 0.0926. The van der Waals surface area contributed by atoms with Gasteiger partial charge in [-0.3, -0.25) is 9.48 Å². The van der Waals surface area contributed by atoms with E-state index in [1.54, 1.807) is 7.11 Å². The number of carbonyl (C=O) groups excluding carboxylic acids is 1. The van der Waals surface area contributed by atoms with Gasteiger partial charge in [0, 0.05) is 11.3 Å². The van der Waals surface area contributed by atoms with Crippen LogP contribution in [-0.4, -0.2) is 35.4 Å². The van der Waals surface area contributed by atoms with E-state index in [-0.39, 0.29) is 11.9 Å². The first-order valence-electron chi connectivity index (χ1n) is 9.63. The maximum absolute atomic E-state index is 12.5. The van der Waals surface area contributed by atoms with Crippen molar-refractivity contribution in [3.63, 3.8) is 0 Å². The van der Waals surface area contributed by atoms with E-state index in [0.29, 0.717) is 30.2 Å². The summed E-state index contributed by atoms with van der Waals surface area (Å²) in [7, 11) is 1.60. The van der Waals surface area contributed by atoms with E-state index in [0.717, 1.165) is 17.0 Å². The number of nitrogens with one attached hydrogen (secondary N) is 1. The fourth-order valence-corrected chi connectivity index (χ4v) is 3.07. The second-order valence-electron chi connectivity index (χ2n) is 7.12. The molecule has 152 valence electrons. The molecule has 0 bridgehead atoms. The summed E-state index contributed by atoms with van der Waals surface area (Å²) in [5.74, 6) is 1.20. The van der Waals surface area contributed by atoms with Crippen molar-refractivity contribution in [2.24, 2.45) is 0 Å². The van der Waals surface area contributed by atoms with Crippen molar-refractivity contribution in [2.45, 2.75) is 33.4 Å². The number of aryl methyl sites for hydroxylation is 2. The molecule has 0 aliphatic carbocycles. The minimum absolute atomic E-state index is 0.126. The van der Waals surface area contributed by atoms with Crippen molar-refractivity contribution in [3.8, 4) is 11.5 Å². The summed E-state index contributed by atoms with van der Waals surface area (Å²) in [6, 6.07) is 16.9. The monoisotopic (exact) mass is 393 g/mol. The Labute approximate surface area is 171 Å². The molecule has 0 fully saturated rings. The number of hydrogen-bond donors (Lipinski definition) is 1. The van der Waals surface area contributed by atoms with Crippen molar-refractivity contribution >= 4 is 5.91 Å². The first-order chi connectivity index (χ1) is 14.0. The van der Waals surface area contributed by atoms with Gasteiger partial charge in [-0.05, 0) is 56.7 Å². The van der Waals surface area contributed by atoms with Crippen LogP contribution in [0.5, 0.6) is 11.5 Å². The van der Waals surface area contributed by atoms with Crippen molar-refractivity contribution < 1.29 is 14.3 Å². The summed E-state index contributed by atoms with van der Waals surface area (Å²) in [6.45, 7) is 6.96. The number of hydrogen-bond acceptors (Lipinski definition) is 4. The highest BCUT2D eigenvalue weighted by atomic mass is 16.5. The minimum atomic E-state index is -0.151. The molecular formula is C23H27N3O3. The molecule has 1 amide bonds. The van der Waals surface area contributed by atoms with E-state index in [4.69, 9.17) is 9.47 Å². The van der Waals surface area contributed by atoms with Crippen LogP contribution >= 0.6 is 0 Å². The van der Waals surface area contributed by atoms with Crippen LogP contribution in [0.2, 0.25) is 0 Å². The molecule has 6 nitrogen and oxygen atoms in total. The topological polar surface area (TPSA) is 65.4 Å². The van der Waals surface area contributed by atoms with Gasteiger partial charge in [0.1, 0.15) is 6.61 Å². The predicted molar refractivity (Wildman–Crippen MR) is 113 cm³/mol. The number of aromatic nitrogens is 2. The molecule has 3 rings (SSSR count). The molecule has 0 aliphatic heterocycles. The molecule has 0 aliphatic rings. The Balaban J connectivity index is 1.54. The van der Waals surface area contributed by atoms with Gasteiger partial charge in [-0.15, -0.1) is 0 Å². The van der Waals surface area contributed by atoms with Crippen molar-refractivity contribution in [3.05, 3.63) is 77.1 Å². The Hall–Kier alpha value is -3.28.